The molecule has 0 spiro atoms. The summed E-state index contributed by atoms with van der Waals surface area (Å²) in [6.45, 7) is 6.82. The van der Waals surface area contributed by atoms with Crippen molar-refractivity contribution in [3.05, 3.63) is 0 Å². The van der Waals surface area contributed by atoms with Crippen molar-refractivity contribution in [1.82, 2.24) is 0 Å². The van der Waals surface area contributed by atoms with E-state index >= 15 is 0 Å². The van der Waals surface area contributed by atoms with Crippen LogP contribution in [0.4, 0.5) is 0 Å². The van der Waals surface area contributed by atoms with E-state index in [4.69, 9.17) is 4.74 Å². The molecule has 0 aromatic carbocycles. The van der Waals surface area contributed by atoms with Gasteiger partial charge >= 0.3 is 35.5 Å². The van der Waals surface area contributed by atoms with Crippen LogP contribution in [0.25, 0.3) is 0 Å². The van der Waals surface area contributed by atoms with E-state index in [-0.39, 0.29) is 29.6 Å². The van der Waals surface area contributed by atoms with Gasteiger partial charge in [0.15, 0.2) is 4.75 Å². The summed E-state index contributed by atoms with van der Waals surface area (Å²) in [6.07, 6.45) is 5.87. The van der Waals surface area contributed by atoms with Gasteiger partial charge in [-0.15, -0.1) is 0 Å². The van der Waals surface area contributed by atoms with E-state index in [0.717, 1.165) is 45.4 Å². The fourth-order valence-corrected chi connectivity index (χ4v) is 3.71. The van der Waals surface area contributed by atoms with Crippen LogP contribution in [-0.2, 0) is 24.4 Å². The summed E-state index contributed by atoms with van der Waals surface area (Å²) in [4.78, 5) is 23.6. The number of carboxylic acid groups (broad SMARTS) is 1. The standard InChI is InChI=1S/C18H34O7S.Na/c1-5-8-9-10-13-18(11-6-2,12-7-3)25-16(21)17(4,14-15(19)20)26(22,23)24;/h5-14H2,1-4H3,(H,19,20)(H,22,23,24);/q;+1/p-1. The molecule has 0 aliphatic heterocycles. The fourth-order valence-electron chi connectivity index (χ4n) is 3.16. The predicted octanol–water partition coefficient (Wildman–Crippen LogP) is -0.370. The minimum absolute atomic E-state index is 0. The Morgan fingerprint density at radius 3 is 1.85 bits per heavy atom. The van der Waals surface area contributed by atoms with Crippen molar-refractivity contribution in [2.45, 2.75) is 102 Å². The van der Waals surface area contributed by atoms with E-state index in [9.17, 15) is 27.7 Å². The van der Waals surface area contributed by atoms with Crippen molar-refractivity contribution < 1.29 is 62.0 Å². The molecule has 9 heteroatoms. The monoisotopic (exact) mass is 416 g/mol. The van der Waals surface area contributed by atoms with Crippen LogP contribution < -0.4 is 34.7 Å². The van der Waals surface area contributed by atoms with Crippen molar-refractivity contribution in [3.63, 3.8) is 0 Å². The van der Waals surface area contributed by atoms with Gasteiger partial charge in [0.2, 0.25) is 0 Å². The molecule has 1 atom stereocenters. The summed E-state index contributed by atoms with van der Waals surface area (Å²) in [5.41, 5.74) is -0.855. The van der Waals surface area contributed by atoms with Gasteiger partial charge in [-0.1, -0.05) is 52.9 Å². The third-order valence-electron chi connectivity index (χ3n) is 4.69. The molecule has 1 unspecified atom stereocenters. The molecule has 0 fully saturated rings. The number of unbranched alkanes of at least 4 members (excludes halogenated alkanes) is 3. The van der Waals surface area contributed by atoms with Crippen LogP contribution >= 0.6 is 0 Å². The van der Waals surface area contributed by atoms with E-state index in [1.807, 2.05) is 13.8 Å². The molecule has 154 valence electrons. The molecule has 0 saturated heterocycles. The van der Waals surface area contributed by atoms with Crippen LogP contribution in [-0.4, -0.2) is 35.3 Å². The molecular weight excluding hydrogens is 383 g/mol. The van der Waals surface area contributed by atoms with Crippen molar-refractivity contribution >= 4 is 22.1 Å². The predicted molar refractivity (Wildman–Crippen MR) is 97.0 cm³/mol. The van der Waals surface area contributed by atoms with E-state index in [1.165, 1.54) is 0 Å². The largest absolute Gasteiger partial charge is 1.00 e. The van der Waals surface area contributed by atoms with Gasteiger partial charge in [0.25, 0.3) is 10.1 Å². The topological polar surface area (TPSA) is 121 Å². The average Bonchev–Trinajstić information content (AvgIpc) is 2.50. The van der Waals surface area contributed by atoms with Crippen molar-refractivity contribution in [2.75, 3.05) is 0 Å². The maximum Gasteiger partial charge on any atom is 1.00 e. The summed E-state index contributed by atoms with van der Waals surface area (Å²) in [5, 5.41) is 10.9. The summed E-state index contributed by atoms with van der Waals surface area (Å²) in [7, 11) is -4.99. The zero-order chi connectivity index (χ0) is 20.4. The summed E-state index contributed by atoms with van der Waals surface area (Å²) < 4.78 is 35.9. The number of carbonyl (C=O) groups excluding carboxylic acids is 2. The van der Waals surface area contributed by atoms with Gasteiger partial charge in [-0.05, 0) is 32.6 Å². The number of carbonyl (C=O) groups is 2. The van der Waals surface area contributed by atoms with Gasteiger partial charge in [-0.2, -0.15) is 8.42 Å². The first-order chi connectivity index (χ1) is 12.0. The van der Waals surface area contributed by atoms with Gasteiger partial charge in [0.1, 0.15) is 5.60 Å². The Morgan fingerprint density at radius 2 is 1.48 bits per heavy atom. The zero-order valence-electron chi connectivity index (χ0n) is 17.4. The molecule has 27 heavy (non-hydrogen) atoms. The molecule has 1 N–H and O–H groups in total. The molecule has 0 amide bonds. The molecule has 0 radical (unpaired) electrons. The molecule has 7 nitrogen and oxygen atoms in total. The number of carboxylic acids is 1. The van der Waals surface area contributed by atoms with Gasteiger partial charge < -0.3 is 14.6 Å². The SMILES string of the molecule is CCCCCCC(CCC)(CCC)OC(=O)C(C)(CC(=O)[O-])S(=O)(=O)O.[Na+]. The van der Waals surface area contributed by atoms with Crippen molar-refractivity contribution in [2.24, 2.45) is 0 Å². The molecule has 0 aliphatic rings. The molecule has 0 heterocycles. The van der Waals surface area contributed by atoms with E-state index < -0.39 is 38.8 Å². The number of aliphatic carboxylic acids is 1. The molecule has 0 aliphatic carbocycles. The minimum atomic E-state index is -4.99. The van der Waals surface area contributed by atoms with E-state index in [2.05, 4.69) is 6.92 Å². The Hall–Kier alpha value is -0.150. The summed E-state index contributed by atoms with van der Waals surface area (Å²) >= 11 is 0. The van der Waals surface area contributed by atoms with E-state index in [1.54, 1.807) is 0 Å². The van der Waals surface area contributed by atoms with Crippen LogP contribution in [0.15, 0.2) is 0 Å². The smallest absolute Gasteiger partial charge is 0.550 e. The Bertz CT molecular complexity index is 556. The Labute approximate surface area is 185 Å². The van der Waals surface area contributed by atoms with Crippen molar-refractivity contribution in [3.8, 4) is 0 Å². The van der Waals surface area contributed by atoms with Gasteiger partial charge in [0.05, 0.1) is 0 Å². The zero-order valence-corrected chi connectivity index (χ0v) is 20.2. The number of hydrogen-bond acceptors (Lipinski definition) is 6. The van der Waals surface area contributed by atoms with Gasteiger partial charge in [-0.25, -0.2) is 0 Å². The van der Waals surface area contributed by atoms with Crippen LogP contribution in [0.2, 0.25) is 0 Å². The third-order valence-corrected chi connectivity index (χ3v) is 6.14. The molecule has 0 rings (SSSR count). The minimum Gasteiger partial charge on any atom is -0.550 e. The molecule has 0 saturated carbocycles. The second kappa shape index (κ2) is 13.1. The first-order valence-electron chi connectivity index (χ1n) is 9.38. The summed E-state index contributed by atoms with van der Waals surface area (Å²) in [5.74, 6) is -2.98. The Kier molecular flexibility index (Phi) is 14.1. The van der Waals surface area contributed by atoms with Crippen LogP contribution in [0.1, 0.15) is 91.9 Å². The van der Waals surface area contributed by atoms with Crippen molar-refractivity contribution in [1.29, 1.82) is 0 Å². The number of rotatable bonds is 14. The summed E-state index contributed by atoms with van der Waals surface area (Å²) in [6, 6.07) is 0. The van der Waals surface area contributed by atoms with E-state index in [0.29, 0.717) is 19.3 Å². The average molecular weight is 417 g/mol. The number of ether oxygens (including phenoxy) is 1. The normalized spacial score (nSPS) is 14.1. The maximum absolute atomic E-state index is 12.6. The third kappa shape index (κ3) is 9.26. The van der Waals surface area contributed by atoms with Crippen LogP contribution in [0.3, 0.4) is 0 Å². The van der Waals surface area contributed by atoms with Crippen LogP contribution in [0.5, 0.6) is 0 Å². The molecular formula is C18H33NaO7S. The van der Waals surface area contributed by atoms with Crippen LogP contribution in [0, 0.1) is 0 Å². The molecule has 0 bridgehead atoms. The number of hydrogen-bond donors (Lipinski definition) is 1. The number of esters is 1. The maximum atomic E-state index is 12.6. The molecule has 0 aromatic rings. The Morgan fingerprint density at radius 1 is 0.963 bits per heavy atom. The second-order valence-corrected chi connectivity index (χ2v) is 8.99. The van der Waals surface area contributed by atoms with Gasteiger partial charge in [0, 0.05) is 12.4 Å². The van der Waals surface area contributed by atoms with Gasteiger partial charge in [-0.3, -0.25) is 9.35 Å². The molecule has 0 aromatic heterocycles. The fraction of sp³-hybridized carbons (Fsp3) is 0.889. The Balaban J connectivity index is 0. The second-order valence-electron chi connectivity index (χ2n) is 7.14. The first kappa shape index (κ1) is 29.1. The first-order valence-corrected chi connectivity index (χ1v) is 10.8. The quantitative estimate of drug-likeness (QED) is 0.177.